The summed E-state index contributed by atoms with van der Waals surface area (Å²) in [6.07, 6.45) is 1.94. The average Bonchev–Trinajstić information content (AvgIpc) is 3.04. The van der Waals surface area contributed by atoms with Crippen LogP contribution in [0.25, 0.3) is 5.69 Å². The molecule has 2 atom stereocenters. The van der Waals surface area contributed by atoms with E-state index in [0.29, 0.717) is 48.8 Å². The molecule has 0 radical (unpaired) electrons. The highest BCUT2D eigenvalue weighted by Crippen LogP contribution is 2.36. The molecule has 6 nitrogen and oxygen atoms in total. The van der Waals surface area contributed by atoms with Crippen molar-refractivity contribution in [2.75, 3.05) is 32.9 Å². The van der Waals surface area contributed by atoms with Gasteiger partial charge in [0.15, 0.2) is 0 Å². The molecule has 0 unspecified atom stereocenters. The van der Waals surface area contributed by atoms with Crippen molar-refractivity contribution in [1.82, 2.24) is 14.7 Å². The van der Waals surface area contributed by atoms with Crippen molar-refractivity contribution >= 4 is 56.1 Å². The van der Waals surface area contributed by atoms with Crippen LogP contribution in [-0.4, -0.2) is 53.5 Å². The van der Waals surface area contributed by atoms with Gasteiger partial charge < -0.3 is 14.4 Å². The minimum Gasteiger partial charge on any atom is -0.476 e. The summed E-state index contributed by atoms with van der Waals surface area (Å²) >= 11 is 12.1. The van der Waals surface area contributed by atoms with E-state index in [0.717, 1.165) is 24.2 Å². The monoisotopic (exact) mass is 491 g/mol. The minimum atomic E-state index is 0. The van der Waals surface area contributed by atoms with E-state index in [-0.39, 0.29) is 44.7 Å². The van der Waals surface area contributed by atoms with E-state index in [1.165, 1.54) is 0 Å². The maximum absolute atomic E-state index is 12.7. The Morgan fingerprint density at radius 3 is 2.53 bits per heavy atom. The van der Waals surface area contributed by atoms with Crippen LogP contribution >= 0.6 is 50.2 Å². The summed E-state index contributed by atoms with van der Waals surface area (Å²) in [4.78, 5) is 14.6. The number of ether oxygens (including phenoxy) is 2. The van der Waals surface area contributed by atoms with Crippen LogP contribution in [0.1, 0.15) is 18.5 Å². The zero-order valence-electron chi connectivity index (χ0n) is 16.7. The number of hydrogen-bond donors (Lipinski definition) is 0. The molecule has 1 saturated heterocycles. The van der Waals surface area contributed by atoms with Gasteiger partial charge in [0.1, 0.15) is 0 Å². The molecular weight excluding hydrogens is 465 g/mol. The van der Waals surface area contributed by atoms with Gasteiger partial charge in [0.25, 0.3) is 0 Å². The Balaban J connectivity index is 0.00000160. The standard InChI is InChI=1S/C20H23Cl2N3O3.2H2S/c1-13-10-19(23-25(13)15-3-5-17(21)18(22)11-15)28-12-14-2-4-16(14)20(26)24-6-8-27-9-7-24;;/h3,5,10-11,14,16H,2,4,6-9,12H2,1H3;2*1H2/t14-,16+;;/m1../s1. The molecule has 2 aromatic rings. The number of morpholine rings is 1. The number of nitrogens with zero attached hydrogens (tertiary/aromatic N) is 3. The Labute approximate surface area is 200 Å². The molecule has 1 aromatic carbocycles. The molecule has 30 heavy (non-hydrogen) atoms. The predicted octanol–water partition coefficient (Wildman–Crippen LogP) is 3.98. The summed E-state index contributed by atoms with van der Waals surface area (Å²) in [5, 5.41) is 5.51. The third-order valence-corrected chi connectivity index (χ3v) is 6.25. The van der Waals surface area contributed by atoms with Gasteiger partial charge in [-0.3, -0.25) is 4.79 Å². The van der Waals surface area contributed by atoms with Gasteiger partial charge in [-0.1, -0.05) is 23.2 Å². The third kappa shape index (κ3) is 5.40. The first-order chi connectivity index (χ1) is 13.5. The van der Waals surface area contributed by atoms with E-state index in [4.69, 9.17) is 32.7 Å². The van der Waals surface area contributed by atoms with Crippen molar-refractivity contribution in [2.24, 2.45) is 11.8 Å². The Bertz CT molecular complexity index is 875. The number of rotatable bonds is 5. The quantitative estimate of drug-likeness (QED) is 0.634. The molecule has 4 rings (SSSR count). The molecule has 1 saturated carbocycles. The fourth-order valence-electron chi connectivity index (χ4n) is 3.70. The molecule has 1 amide bonds. The number of benzene rings is 1. The zero-order chi connectivity index (χ0) is 19.7. The first-order valence-electron chi connectivity index (χ1n) is 9.54. The summed E-state index contributed by atoms with van der Waals surface area (Å²) in [5.41, 5.74) is 1.76. The molecular formula is C20H27Cl2N3O3S2. The number of hydrogen-bond acceptors (Lipinski definition) is 4. The second-order valence-electron chi connectivity index (χ2n) is 7.33. The summed E-state index contributed by atoms with van der Waals surface area (Å²) < 4.78 is 13.0. The fourth-order valence-corrected chi connectivity index (χ4v) is 3.99. The predicted molar refractivity (Wildman–Crippen MR) is 128 cm³/mol. The molecule has 1 aliphatic heterocycles. The van der Waals surface area contributed by atoms with Crippen molar-refractivity contribution in [2.45, 2.75) is 19.8 Å². The third-order valence-electron chi connectivity index (χ3n) is 5.52. The van der Waals surface area contributed by atoms with Gasteiger partial charge in [-0.05, 0) is 38.0 Å². The van der Waals surface area contributed by atoms with Crippen LogP contribution in [-0.2, 0) is 9.53 Å². The number of amides is 1. The Morgan fingerprint density at radius 2 is 1.90 bits per heavy atom. The Hall–Kier alpha value is -1.06. The summed E-state index contributed by atoms with van der Waals surface area (Å²) in [5.74, 6) is 1.08. The van der Waals surface area contributed by atoms with Gasteiger partial charge in [0.2, 0.25) is 11.8 Å². The normalized spacial score (nSPS) is 20.6. The lowest BCUT2D eigenvalue weighted by molar-refractivity contribution is -0.146. The largest absolute Gasteiger partial charge is 0.476 e. The molecule has 0 bridgehead atoms. The van der Waals surface area contributed by atoms with Crippen molar-refractivity contribution in [3.05, 3.63) is 40.0 Å². The van der Waals surface area contributed by atoms with Crippen LogP contribution in [0.3, 0.4) is 0 Å². The number of aryl methyl sites for hydroxylation is 1. The summed E-state index contributed by atoms with van der Waals surface area (Å²) in [6.45, 7) is 5.09. The second kappa shape index (κ2) is 11.0. The lowest BCUT2D eigenvalue weighted by atomic mass is 9.73. The van der Waals surface area contributed by atoms with Crippen LogP contribution < -0.4 is 4.74 Å². The van der Waals surface area contributed by atoms with Crippen molar-refractivity contribution in [1.29, 1.82) is 0 Å². The Kier molecular flexibility index (Phi) is 9.24. The van der Waals surface area contributed by atoms with Crippen LogP contribution in [0.5, 0.6) is 5.88 Å². The molecule has 2 heterocycles. The van der Waals surface area contributed by atoms with Crippen LogP contribution in [0.4, 0.5) is 0 Å². The van der Waals surface area contributed by atoms with Crippen LogP contribution in [0.15, 0.2) is 24.3 Å². The van der Waals surface area contributed by atoms with Crippen LogP contribution in [0, 0.1) is 18.8 Å². The van der Waals surface area contributed by atoms with E-state index >= 15 is 0 Å². The van der Waals surface area contributed by atoms with Gasteiger partial charge in [0, 0.05) is 36.7 Å². The van der Waals surface area contributed by atoms with Gasteiger partial charge in [-0.25, -0.2) is 4.68 Å². The minimum absolute atomic E-state index is 0. The zero-order valence-corrected chi connectivity index (χ0v) is 20.2. The van der Waals surface area contributed by atoms with E-state index in [1.54, 1.807) is 16.8 Å². The fraction of sp³-hybridized carbons (Fsp3) is 0.500. The van der Waals surface area contributed by atoms with Gasteiger partial charge in [-0.15, -0.1) is 5.10 Å². The molecule has 1 aliphatic carbocycles. The second-order valence-corrected chi connectivity index (χ2v) is 8.14. The molecule has 2 aliphatic rings. The highest BCUT2D eigenvalue weighted by Gasteiger charge is 2.39. The van der Waals surface area contributed by atoms with Gasteiger partial charge in [0.05, 0.1) is 35.6 Å². The van der Waals surface area contributed by atoms with Gasteiger partial charge >= 0.3 is 0 Å². The highest BCUT2D eigenvalue weighted by molar-refractivity contribution is 7.59. The SMILES string of the molecule is Cc1cc(OC[C@H]2CC[C@@H]2C(=O)N2CCOCC2)nn1-c1ccc(Cl)c(Cl)c1.S.S. The van der Waals surface area contributed by atoms with Gasteiger partial charge in [-0.2, -0.15) is 27.0 Å². The molecule has 10 heteroatoms. The van der Waals surface area contributed by atoms with Crippen LogP contribution in [0.2, 0.25) is 10.0 Å². The molecule has 0 spiro atoms. The smallest absolute Gasteiger partial charge is 0.233 e. The lowest BCUT2D eigenvalue weighted by Gasteiger charge is -2.39. The maximum atomic E-state index is 12.7. The van der Waals surface area contributed by atoms with E-state index < -0.39 is 0 Å². The summed E-state index contributed by atoms with van der Waals surface area (Å²) in [6, 6.07) is 7.27. The number of carbonyl (C=O) groups excluding carboxylic acids is 1. The molecule has 166 valence electrons. The first-order valence-corrected chi connectivity index (χ1v) is 10.3. The number of halogens is 2. The van der Waals surface area contributed by atoms with E-state index in [2.05, 4.69) is 5.10 Å². The highest BCUT2D eigenvalue weighted by atomic mass is 35.5. The van der Waals surface area contributed by atoms with Crippen molar-refractivity contribution in [3.8, 4) is 11.6 Å². The van der Waals surface area contributed by atoms with E-state index in [1.807, 2.05) is 24.0 Å². The van der Waals surface area contributed by atoms with E-state index in [9.17, 15) is 4.79 Å². The topological polar surface area (TPSA) is 56.6 Å². The van der Waals surface area contributed by atoms with Crippen molar-refractivity contribution in [3.63, 3.8) is 0 Å². The average molecular weight is 492 g/mol. The Morgan fingerprint density at radius 1 is 1.17 bits per heavy atom. The summed E-state index contributed by atoms with van der Waals surface area (Å²) in [7, 11) is 0. The first kappa shape index (κ1) is 25.2. The molecule has 2 fully saturated rings. The molecule has 0 N–H and O–H groups in total. The maximum Gasteiger partial charge on any atom is 0.233 e. The number of aromatic nitrogens is 2. The lowest BCUT2D eigenvalue weighted by Crippen LogP contribution is -2.49. The number of carbonyl (C=O) groups is 1. The van der Waals surface area contributed by atoms with Crippen molar-refractivity contribution < 1.29 is 14.3 Å². The molecule has 1 aromatic heterocycles.